The minimum Gasteiger partial charge on any atom is -0.464 e. The quantitative estimate of drug-likeness (QED) is 0.377. The molecule has 0 unspecified atom stereocenters. The third-order valence-corrected chi connectivity index (χ3v) is 5.97. The van der Waals surface area contributed by atoms with Crippen LogP contribution in [0.5, 0.6) is 0 Å². The van der Waals surface area contributed by atoms with Gasteiger partial charge in [-0.25, -0.2) is 23.5 Å². The van der Waals surface area contributed by atoms with E-state index in [2.05, 4.69) is 18.8 Å². The molecule has 0 bridgehead atoms. The Morgan fingerprint density at radius 2 is 1.69 bits per heavy atom. The molecule has 2 aromatic heterocycles. The molecule has 2 aromatic carbocycles. The third-order valence-electron chi connectivity index (χ3n) is 5.97. The summed E-state index contributed by atoms with van der Waals surface area (Å²) in [6, 6.07) is 12.2. The number of halogens is 1. The molecule has 0 aliphatic rings. The lowest BCUT2D eigenvalue weighted by atomic mass is 10.0. The fraction of sp³-hybridized carbons (Fsp3) is 0.308. The third kappa shape index (κ3) is 4.53. The smallest absolute Gasteiger partial charge is 0.337 e. The summed E-state index contributed by atoms with van der Waals surface area (Å²) < 4.78 is 22.4. The van der Waals surface area contributed by atoms with E-state index in [1.165, 1.54) is 39.7 Å². The highest BCUT2D eigenvalue weighted by atomic mass is 19.1. The molecule has 0 saturated heterocycles. The average molecular weight is 479 g/mol. The van der Waals surface area contributed by atoms with Crippen molar-refractivity contribution >= 4 is 17.1 Å². The van der Waals surface area contributed by atoms with Crippen LogP contribution in [0.25, 0.3) is 16.9 Å². The summed E-state index contributed by atoms with van der Waals surface area (Å²) in [7, 11) is 0. The first kappa shape index (κ1) is 24.1. The molecule has 2 heterocycles. The molecule has 0 radical (unpaired) electrons. The van der Waals surface area contributed by atoms with Gasteiger partial charge in [-0.15, -0.1) is 0 Å². The summed E-state index contributed by atoms with van der Waals surface area (Å²) >= 11 is 0. The molecular weight excluding hydrogens is 451 g/mol. The summed E-state index contributed by atoms with van der Waals surface area (Å²) in [4.78, 5) is 44.0. The predicted molar refractivity (Wildman–Crippen MR) is 131 cm³/mol. The molecule has 182 valence electrons. The number of hydrogen-bond acceptors (Lipinski definition) is 5. The maximum absolute atomic E-state index is 13.6. The zero-order valence-corrected chi connectivity index (χ0v) is 20.1. The van der Waals surface area contributed by atoms with Crippen molar-refractivity contribution in [1.29, 1.82) is 0 Å². The predicted octanol–water partition coefficient (Wildman–Crippen LogP) is 3.78. The number of carbonyl (C=O) groups is 1. The Morgan fingerprint density at radius 3 is 2.29 bits per heavy atom. The van der Waals surface area contributed by atoms with Crippen molar-refractivity contribution in [1.82, 2.24) is 18.7 Å². The van der Waals surface area contributed by atoms with E-state index in [4.69, 9.17) is 4.74 Å². The lowest BCUT2D eigenvalue weighted by Gasteiger charge is -2.16. The SMILES string of the molecule is CCOC(=O)[C@@H](C)n1cnc2c1c(=O)n(Cc1ccc(F)cc1)c(=O)n2-c1ccc(C(C)C)cc1. The van der Waals surface area contributed by atoms with Gasteiger partial charge in [0, 0.05) is 0 Å². The number of esters is 1. The zero-order valence-electron chi connectivity index (χ0n) is 20.1. The van der Waals surface area contributed by atoms with Crippen LogP contribution in [0.3, 0.4) is 0 Å². The minimum atomic E-state index is -0.832. The first-order valence-corrected chi connectivity index (χ1v) is 11.5. The molecule has 0 spiro atoms. The van der Waals surface area contributed by atoms with Gasteiger partial charge in [-0.2, -0.15) is 0 Å². The van der Waals surface area contributed by atoms with Crippen LogP contribution in [-0.4, -0.2) is 31.3 Å². The molecule has 0 fully saturated rings. The number of carbonyl (C=O) groups excluding carboxylic acids is 1. The number of benzene rings is 2. The number of fused-ring (bicyclic) bond motifs is 1. The number of nitrogens with zero attached hydrogens (tertiary/aromatic N) is 4. The lowest BCUT2D eigenvalue weighted by Crippen LogP contribution is -2.40. The first-order valence-electron chi connectivity index (χ1n) is 11.5. The molecule has 0 N–H and O–H groups in total. The zero-order chi connectivity index (χ0) is 25.3. The molecule has 0 amide bonds. The Hall–Kier alpha value is -4.01. The van der Waals surface area contributed by atoms with E-state index in [1.54, 1.807) is 26.0 Å². The summed E-state index contributed by atoms with van der Waals surface area (Å²) in [6.45, 7) is 7.57. The van der Waals surface area contributed by atoms with Gasteiger partial charge < -0.3 is 9.30 Å². The minimum absolute atomic E-state index is 0.0725. The van der Waals surface area contributed by atoms with Crippen LogP contribution in [0.4, 0.5) is 4.39 Å². The molecule has 1 atom stereocenters. The van der Waals surface area contributed by atoms with Crippen molar-refractivity contribution in [3.63, 3.8) is 0 Å². The standard InChI is InChI=1S/C26H27FN4O4/c1-5-35-25(33)17(4)30-15-28-23-22(30)24(32)29(14-18-6-10-20(27)11-7-18)26(34)31(23)21-12-8-19(9-13-21)16(2)3/h6-13,15-17H,5,14H2,1-4H3/t17-/m1/s1. The summed E-state index contributed by atoms with van der Waals surface area (Å²) in [5.74, 6) is -0.631. The Bertz CT molecular complexity index is 1480. The summed E-state index contributed by atoms with van der Waals surface area (Å²) in [5.41, 5.74) is 1.27. The molecule has 0 aliphatic heterocycles. The van der Waals surface area contributed by atoms with Crippen LogP contribution in [0.2, 0.25) is 0 Å². The highest BCUT2D eigenvalue weighted by molar-refractivity contribution is 5.79. The van der Waals surface area contributed by atoms with Crippen molar-refractivity contribution in [2.45, 2.75) is 46.2 Å². The monoisotopic (exact) mass is 478 g/mol. The van der Waals surface area contributed by atoms with Gasteiger partial charge in [-0.3, -0.25) is 9.36 Å². The molecule has 4 rings (SSSR count). The second-order valence-corrected chi connectivity index (χ2v) is 8.63. The van der Waals surface area contributed by atoms with Gasteiger partial charge in [0.15, 0.2) is 11.2 Å². The Kier molecular flexibility index (Phi) is 6.68. The molecule has 8 nitrogen and oxygen atoms in total. The average Bonchev–Trinajstić information content (AvgIpc) is 3.28. The largest absolute Gasteiger partial charge is 0.464 e. The van der Waals surface area contributed by atoms with Crippen molar-refractivity contribution in [3.05, 3.63) is 92.6 Å². The van der Waals surface area contributed by atoms with Crippen LogP contribution in [0.15, 0.2) is 64.4 Å². The maximum atomic E-state index is 13.6. The van der Waals surface area contributed by atoms with E-state index >= 15 is 0 Å². The van der Waals surface area contributed by atoms with Crippen LogP contribution in [-0.2, 0) is 16.1 Å². The highest BCUT2D eigenvalue weighted by Gasteiger charge is 2.25. The molecule has 9 heteroatoms. The summed E-state index contributed by atoms with van der Waals surface area (Å²) in [6.07, 6.45) is 1.37. The maximum Gasteiger partial charge on any atom is 0.337 e. The Balaban J connectivity index is 1.98. The van der Waals surface area contributed by atoms with E-state index in [0.29, 0.717) is 17.2 Å². The molecule has 35 heavy (non-hydrogen) atoms. The number of aromatic nitrogens is 4. The molecule has 0 saturated carbocycles. The lowest BCUT2D eigenvalue weighted by molar-refractivity contribution is -0.146. The molecule has 4 aromatic rings. The number of rotatable bonds is 7. The topological polar surface area (TPSA) is 88.1 Å². The van der Waals surface area contributed by atoms with Gasteiger partial charge >= 0.3 is 11.7 Å². The van der Waals surface area contributed by atoms with Gasteiger partial charge in [0.05, 0.1) is 25.2 Å². The number of ether oxygens (including phenoxy) is 1. The van der Waals surface area contributed by atoms with Crippen LogP contribution in [0, 0.1) is 5.82 Å². The van der Waals surface area contributed by atoms with Gasteiger partial charge in [-0.05, 0) is 55.2 Å². The molecule has 0 aliphatic carbocycles. The Labute approximate surface area is 201 Å². The van der Waals surface area contributed by atoms with Crippen LogP contribution in [0.1, 0.15) is 50.8 Å². The van der Waals surface area contributed by atoms with Gasteiger partial charge in [-0.1, -0.05) is 38.1 Å². The highest BCUT2D eigenvalue weighted by Crippen LogP contribution is 2.20. The van der Waals surface area contributed by atoms with Crippen molar-refractivity contribution in [2.24, 2.45) is 0 Å². The fourth-order valence-electron chi connectivity index (χ4n) is 3.97. The van der Waals surface area contributed by atoms with E-state index in [1.807, 2.05) is 12.1 Å². The van der Waals surface area contributed by atoms with Crippen molar-refractivity contribution < 1.29 is 13.9 Å². The summed E-state index contributed by atoms with van der Waals surface area (Å²) in [5, 5.41) is 0. The number of imidazole rings is 1. The van der Waals surface area contributed by atoms with E-state index < -0.39 is 29.1 Å². The second-order valence-electron chi connectivity index (χ2n) is 8.63. The Morgan fingerprint density at radius 1 is 1.03 bits per heavy atom. The first-order chi connectivity index (χ1) is 16.7. The van der Waals surface area contributed by atoms with Gasteiger partial charge in [0.2, 0.25) is 0 Å². The van der Waals surface area contributed by atoms with E-state index in [9.17, 15) is 18.8 Å². The normalized spacial score (nSPS) is 12.3. The second kappa shape index (κ2) is 9.69. The van der Waals surface area contributed by atoms with E-state index in [-0.39, 0.29) is 24.3 Å². The van der Waals surface area contributed by atoms with Gasteiger partial charge in [0.1, 0.15) is 11.9 Å². The van der Waals surface area contributed by atoms with E-state index in [0.717, 1.165) is 10.1 Å². The number of hydrogen-bond donors (Lipinski definition) is 0. The molecular formula is C26H27FN4O4. The van der Waals surface area contributed by atoms with Crippen LogP contribution >= 0.6 is 0 Å². The van der Waals surface area contributed by atoms with Crippen LogP contribution < -0.4 is 11.2 Å². The van der Waals surface area contributed by atoms with Crippen molar-refractivity contribution in [3.8, 4) is 5.69 Å². The van der Waals surface area contributed by atoms with Gasteiger partial charge in [0.25, 0.3) is 5.56 Å². The fourth-order valence-corrected chi connectivity index (χ4v) is 3.97. The van der Waals surface area contributed by atoms with Crippen molar-refractivity contribution in [2.75, 3.05) is 6.61 Å².